The molecule has 1 heterocycles. The zero-order chi connectivity index (χ0) is 19.3. The molecule has 2 aromatic carbocycles. The fourth-order valence-electron chi connectivity index (χ4n) is 3.30. The number of carbonyl (C=O) groups is 1. The Labute approximate surface area is 159 Å². The molecule has 1 saturated heterocycles. The number of sulfonamides is 1. The van der Waals surface area contributed by atoms with E-state index in [1.54, 1.807) is 0 Å². The largest absolute Gasteiger partial charge is 0.339 e. The highest BCUT2D eigenvalue weighted by molar-refractivity contribution is 7.89. The molecule has 0 bridgehead atoms. The van der Waals surface area contributed by atoms with E-state index in [-0.39, 0.29) is 10.8 Å². The summed E-state index contributed by atoms with van der Waals surface area (Å²) >= 11 is 0. The minimum Gasteiger partial charge on any atom is -0.339 e. The van der Waals surface area contributed by atoms with Crippen molar-refractivity contribution in [3.8, 4) is 0 Å². The third kappa shape index (κ3) is 5.14. The molecule has 1 fully saturated rings. The number of rotatable bonds is 6. The van der Waals surface area contributed by atoms with Gasteiger partial charge < -0.3 is 4.90 Å². The van der Waals surface area contributed by atoms with Gasteiger partial charge >= 0.3 is 0 Å². The van der Waals surface area contributed by atoms with Crippen LogP contribution in [-0.4, -0.2) is 38.9 Å². The first kappa shape index (κ1) is 19.5. The Hall–Kier alpha value is -2.25. The van der Waals surface area contributed by atoms with Crippen LogP contribution in [0.2, 0.25) is 0 Å². The van der Waals surface area contributed by atoms with Crippen molar-refractivity contribution in [2.24, 2.45) is 5.92 Å². The number of halogens is 1. The van der Waals surface area contributed by atoms with Crippen LogP contribution in [0.3, 0.4) is 0 Å². The van der Waals surface area contributed by atoms with Gasteiger partial charge in [0.1, 0.15) is 5.82 Å². The molecule has 1 aliphatic rings. The molecule has 0 unspecified atom stereocenters. The van der Waals surface area contributed by atoms with Gasteiger partial charge in [-0.2, -0.15) is 0 Å². The summed E-state index contributed by atoms with van der Waals surface area (Å²) in [6.07, 6.45) is 2.39. The number of carbonyl (C=O) groups excluding carboxylic acids is 1. The molecule has 5 nitrogen and oxygen atoms in total. The van der Waals surface area contributed by atoms with Gasteiger partial charge in [-0.1, -0.05) is 24.3 Å². The monoisotopic (exact) mass is 390 g/mol. The second-order valence-corrected chi connectivity index (χ2v) is 8.51. The van der Waals surface area contributed by atoms with Gasteiger partial charge in [-0.15, -0.1) is 0 Å². The maximum atomic E-state index is 13.2. The van der Waals surface area contributed by atoms with E-state index in [2.05, 4.69) is 4.72 Å². The second kappa shape index (κ2) is 8.63. The number of piperidine rings is 1. The minimum atomic E-state index is -3.70. The predicted octanol–water partition coefficient (Wildman–Crippen LogP) is 3.05. The molecule has 1 N–H and O–H groups in total. The normalized spacial score (nSPS) is 15.7. The number of benzene rings is 2. The summed E-state index contributed by atoms with van der Waals surface area (Å²) in [4.78, 5) is 14.2. The molecule has 1 amide bonds. The SMILES string of the molecule is O=C(c1ccccc1)N1CCC(CCNS(=O)(=O)c2cccc(F)c2)CC1. The number of nitrogens with zero attached hydrogens (tertiary/aromatic N) is 1. The van der Waals surface area contributed by atoms with Crippen LogP contribution < -0.4 is 4.72 Å². The lowest BCUT2D eigenvalue weighted by molar-refractivity contribution is 0.0687. The van der Waals surface area contributed by atoms with Crippen LogP contribution in [0.25, 0.3) is 0 Å². The van der Waals surface area contributed by atoms with Crippen LogP contribution in [0.5, 0.6) is 0 Å². The van der Waals surface area contributed by atoms with E-state index in [0.29, 0.717) is 37.5 Å². The molecule has 3 rings (SSSR count). The zero-order valence-corrected chi connectivity index (χ0v) is 15.8. The van der Waals surface area contributed by atoms with Crippen molar-refractivity contribution >= 4 is 15.9 Å². The van der Waals surface area contributed by atoms with Crippen LogP contribution in [0.1, 0.15) is 29.6 Å². The highest BCUT2D eigenvalue weighted by atomic mass is 32.2. The van der Waals surface area contributed by atoms with Crippen LogP contribution in [0, 0.1) is 11.7 Å². The third-order valence-corrected chi connectivity index (χ3v) is 6.33. The Morgan fingerprint density at radius 2 is 1.78 bits per heavy atom. The van der Waals surface area contributed by atoms with Gasteiger partial charge in [0.25, 0.3) is 5.91 Å². The first-order valence-electron chi connectivity index (χ1n) is 9.05. The van der Waals surface area contributed by atoms with Crippen molar-refractivity contribution in [1.29, 1.82) is 0 Å². The van der Waals surface area contributed by atoms with E-state index in [0.717, 1.165) is 18.9 Å². The number of nitrogens with one attached hydrogen (secondary N) is 1. The van der Waals surface area contributed by atoms with Crippen molar-refractivity contribution in [3.63, 3.8) is 0 Å². The molecular weight excluding hydrogens is 367 g/mol. The Balaban J connectivity index is 1.45. The molecule has 0 spiro atoms. The smallest absolute Gasteiger partial charge is 0.253 e. The van der Waals surface area contributed by atoms with E-state index in [1.165, 1.54) is 18.2 Å². The molecule has 0 aromatic heterocycles. The van der Waals surface area contributed by atoms with Crippen molar-refractivity contribution < 1.29 is 17.6 Å². The average Bonchev–Trinajstić information content (AvgIpc) is 2.68. The summed E-state index contributed by atoms with van der Waals surface area (Å²) < 4.78 is 40.1. The van der Waals surface area contributed by atoms with E-state index >= 15 is 0 Å². The van der Waals surface area contributed by atoms with Crippen LogP contribution in [-0.2, 0) is 10.0 Å². The highest BCUT2D eigenvalue weighted by Crippen LogP contribution is 2.22. The second-order valence-electron chi connectivity index (χ2n) is 6.75. The van der Waals surface area contributed by atoms with E-state index in [9.17, 15) is 17.6 Å². The zero-order valence-electron chi connectivity index (χ0n) is 15.0. The Kier molecular flexibility index (Phi) is 6.23. The van der Waals surface area contributed by atoms with E-state index in [4.69, 9.17) is 0 Å². The van der Waals surface area contributed by atoms with Gasteiger partial charge in [-0.3, -0.25) is 4.79 Å². The highest BCUT2D eigenvalue weighted by Gasteiger charge is 2.24. The summed E-state index contributed by atoms with van der Waals surface area (Å²) in [6, 6.07) is 14.2. The summed E-state index contributed by atoms with van der Waals surface area (Å²) in [5.74, 6) is -0.172. The van der Waals surface area contributed by atoms with Crippen molar-refractivity contribution in [2.75, 3.05) is 19.6 Å². The molecule has 0 radical (unpaired) electrons. The standard InChI is InChI=1S/C20H23FN2O3S/c21-18-7-4-8-19(15-18)27(25,26)22-12-9-16-10-13-23(14-11-16)20(24)17-5-2-1-3-6-17/h1-8,15-16,22H,9-14H2. The van der Waals surface area contributed by atoms with E-state index < -0.39 is 15.8 Å². The van der Waals surface area contributed by atoms with Gasteiger partial charge in [-0.25, -0.2) is 17.5 Å². The molecule has 144 valence electrons. The molecule has 27 heavy (non-hydrogen) atoms. The predicted molar refractivity (Wildman–Crippen MR) is 101 cm³/mol. The van der Waals surface area contributed by atoms with Gasteiger partial charge in [0.15, 0.2) is 0 Å². The average molecular weight is 390 g/mol. The first-order chi connectivity index (χ1) is 13.0. The number of hydrogen-bond acceptors (Lipinski definition) is 3. The fraction of sp³-hybridized carbons (Fsp3) is 0.350. The molecule has 0 saturated carbocycles. The first-order valence-corrected chi connectivity index (χ1v) is 10.5. The van der Waals surface area contributed by atoms with E-state index in [1.807, 2.05) is 35.2 Å². The summed E-state index contributed by atoms with van der Waals surface area (Å²) in [5, 5.41) is 0. The minimum absolute atomic E-state index is 0.0425. The number of hydrogen-bond donors (Lipinski definition) is 1. The van der Waals surface area contributed by atoms with Gasteiger partial charge in [-0.05, 0) is 55.5 Å². The van der Waals surface area contributed by atoms with Gasteiger partial charge in [0.2, 0.25) is 10.0 Å². The fourth-order valence-corrected chi connectivity index (χ4v) is 4.38. The van der Waals surface area contributed by atoms with Crippen molar-refractivity contribution in [3.05, 3.63) is 66.0 Å². The van der Waals surface area contributed by atoms with Gasteiger partial charge in [0, 0.05) is 25.2 Å². The van der Waals surface area contributed by atoms with Gasteiger partial charge in [0.05, 0.1) is 4.90 Å². The van der Waals surface area contributed by atoms with Crippen molar-refractivity contribution in [1.82, 2.24) is 9.62 Å². The summed E-state index contributed by atoms with van der Waals surface area (Å²) in [6.45, 7) is 1.65. The summed E-state index contributed by atoms with van der Waals surface area (Å²) in [5.41, 5.74) is 0.693. The number of amides is 1. The lowest BCUT2D eigenvalue weighted by Gasteiger charge is -2.32. The van der Waals surface area contributed by atoms with Crippen LogP contribution in [0.4, 0.5) is 4.39 Å². The summed E-state index contributed by atoms with van der Waals surface area (Å²) in [7, 11) is -3.70. The molecule has 2 aromatic rings. The maximum Gasteiger partial charge on any atom is 0.253 e. The number of likely N-dealkylation sites (tertiary alicyclic amines) is 1. The Morgan fingerprint density at radius 1 is 1.07 bits per heavy atom. The molecule has 7 heteroatoms. The van der Waals surface area contributed by atoms with Crippen molar-refractivity contribution in [2.45, 2.75) is 24.2 Å². The Morgan fingerprint density at radius 3 is 2.44 bits per heavy atom. The molecular formula is C20H23FN2O3S. The van der Waals surface area contributed by atoms with Crippen LogP contribution in [0.15, 0.2) is 59.5 Å². The maximum absolute atomic E-state index is 13.2. The topological polar surface area (TPSA) is 66.5 Å². The lowest BCUT2D eigenvalue weighted by Crippen LogP contribution is -2.39. The van der Waals surface area contributed by atoms with Crippen LogP contribution >= 0.6 is 0 Å². The Bertz CT molecular complexity index is 879. The quantitative estimate of drug-likeness (QED) is 0.824. The molecule has 1 aliphatic heterocycles. The lowest BCUT2D eigenvalue weighted by atomic mass is 9.93. The molecule has 0 aliphatic carbocycles. The third-order valence-electron chi connectivity index (χ3n) is 4.87. The molecule has 0 atom stereocenters.